The minimum absolute atomic E-state index is 0.205. The largest absolute Gasteiger partial charge is 0.467 e. The molecule has 4 rings (SSSR count). The summed E-state index contributed by atoms with van der Waals surface area (Å²) >= 11 is 0. The molecule has 1 saturated heterocycles. The minimum atomic E-state index is -1.22. The van der Waals surface area contributed by atoms with E-state index in [0.717, 1.165) is 23.1 Å². The SMILES string of the molecule is COC(=O)c1ccc2c(c1)C1CC(C)(O2)N(c2cc(F)ccc2F)C(=O)N1. The number of esters is 1. The monoisotopic (exact) mass is 374 g/mol. The van der Waals surface area contributed by atoms with Gasteiger partial charge in [0.05, 0.1) is 24.4 Å². The first-order valence-electron chi connectivity index (χ1n) is 8.29. The number of nitrogens with zero attached hydrogens (tertiary/aromatic N) is 1. The van der Waals surface area contributed by atoms with E-state index < -0.39 is 35.4 Å². The average Bonchev–Trinajstić information content (AvgIpc) is 2.63. The number of carbonyl (C=O) groups is 2. The first-order valence-corrected chi connectivity index (χ1v) is 8.29. The van der Waals surface area contributed by atoms with Crippen molar-refractivity contribution in [1.82, 2.24) is 5.32 Å². The summed E-state index contributed by atoms with van der Waals surface area (Å²) in [5, 5.41) is 2.77. The second-order valence-electron chi connectivity index (χ2n) is 6.66. The van der Waals surface area contributed by atoms with Gasteiger partial charge in [-0.1, -0.05) is 0 Å². The molecule has 0 spiro atoms. The first kappa shape index (κ1) is 17.3. The fourth-order valence-electron chi connectivity index (χ4n) is 3.64. The number of amides is 2. The molecule has 1 fully saturated rings. The van der Waals surface area contributed by atoms with Crippen LogP contribution in [0.1, 0.15) is 35.3 Å². The molecule has 2 unspecified atom stereocenters. The highest BCUT2D eigenvalue weighted by molar-refractivity contribution is 5.95. The Kier molecular flexibility index (Phi) is 3.80. The number of urea groups is 1. The van der Waals surface area contributed by atoms with Crippen molar-refractivity contribution < 1.29 is 27.8 Å². The Bertz CT molecular complexity index is 965. The van der Waals surface area contributed by atoms with E-state index in [9.17, 15) is 18.4 Å². The third-order valence-electron chi connectivity index (χ3n) is 4.84. The number of fused-ring (bicyclic) bond motifs is 4. The summed E-state index contributed by atoms with van der Waals surface area (Å²) in [6.45, 7) is 1.64. The highest BCUT2D eigenvalue weighted by atomic mass is 19.1. The summed E-state index contributed by atoms with van der Waals surface area (Å²) in [5.41, 5.74) is -0.469. The van der Waals surface area contributed by atoms with Gasteiger partial charge >= 0.3 is 12.0 Å². The van der Waals surface area contributed by atoms with Crippen molar-refractivity contribution in [2.75, 3.05) is 12.0 Å². The van der Waals surface area contributed by atoms with Gasteiger partial charge in [-0.15, -0.1) is 0 Å². The lowest BCUT2D eigenvalue weighted by Gasteiger charge is -2.50. The lowest BCUT2D eigenvalue weighted by molar-refractivity contribution is 0.0372. The average molecular weight is 374 g/mol. The van der Waals surface area contributed by atoms with E-state index >= 15 is 0 Å². The highest BCUT2D eigenvalue weighted by Crippen LogP contribution is 2.46. The van der Waals surface area contributed by atoms with Crippen molar-refractivity contribution in [3.05, 3.63) is 59.2 Å². The van der Waals surface area contributed by atoms with Crippen molar-refractivity contribution in [1.29, 1.82) is 0 Å². The molecule has 2 amide bonds. The van der Waals surface area contributed by atoms with Crippen LogP contribution < -0.4 is 15.0 Å². The highest BCUT2D eigenvalue weighted by Gasteiger charge is 2.50. The molecule has 27 heavy (non-hydrogen) atoms. The van der Waals surface area contributed by atoms with Gasteiger partial charge in [-0.25, -0.2) is 18.4 Å². The van der Waals surface area contributed by atoms with Gasteiger partial charge in [-0.3, -0.25) is 4.90 Å². The molecule has 2 heterocycles. The predicted octanol–water partition coefficient (Wildman–Crippen LogP) is 3.52. The zero-order chi connectivity index (χ0) is 19.3. The molecule has 0 saturated carbocycles. The summed E-state index contributed by atoms with van der Waals surface area (Å²) in [7, 11) is 1.28. The van der Waals surface area contributed by atoms with Crippen molar-refractivity contribution in [2.24, 2.45) is 0 Å². The van der Waals surface area contributed by atoms with Gasteiger partial charge in [-0.05, 0) is 37.3 Å². The molecular weight excluding hydrogens is 358 g/mol. The predicted molar refractivity (Wildman–Crippen MR) is 91.5 cm³/mol. The maximum Gasteiger partial charge on any atom is 0.337 e. The third kappa shape index (κ3) is 2.68. The Labute approximate surface area is 153 Å². The molecule has 2 aliphatic rings. The number of hydrogen-bond donors (Lipinski definition) is 1. The van der Waals surface area contributed by atoms with Crippen LogP contribution in [0, 0.1) is 11.6 Å². The smallest absolute Gasteiger partial charge is 0.337 e. The maximum absolute atomic E-state index is 14.3. The zero-order valence-electron chi connectivity index (χ0n) is 14.6. The number of ether oxygens (including phenoxy) is 2. The van der Waals surface area contributed by atoms with Crippen LogP contribution >= 0.6 is 0 Å². The van der Waals surface area contributed by atoms with Crippen LogP contribution in [0.4, 0.5) is 19.3 Å². The van der Waals surface area contributed by atoms with Crippen molar-refractivity contribution in [3.8, 4) is 5.75 Å². The van der Waals surface area contributed by atoms with Crippen LogP contribution in [0.3, 0.4) is 0 Å². The van der Waals surface area contributed by atoms with Gasteiger partial charge in [0, 0.05) is 18.1 Å². The van der Waals surface area contributed by atoms with E-state index in [2.05, 4.69) is 5.32 Å². The summed E-state index contributed by atoms with van der Waals surface area (Å²) < 4.78 is 38.7. The number of carbonyl (C=O) groups excluding carboxylic acids is 2. The van der Waals surface area contributed by atoms with Crippen molar-refractivity contribution in [3.63, 3.8) is 0 Å². The number of nitrogens with one attached hydrogen (secondary N) is 1. The molecule has 0 aromatic heterocycles. The first-order chi connectivity index (χ1) is 12.8. The number of rotatable bonds is 2. The van der Waals surface area contributed by atoms with Gasteiger partial charge < -0.3 is 14.8 Å². The molecule has 0 radical (unpaired) electrons. The summed E-state index contributed by atoms with van der Waals surface area (Å²) in [6.07, 6.45) is 0.284. The van der Waals surface area contributed by atoms with Gasteiger partial charge in [-0.2, -0.15) is 0 Å². The minimum Gasteiger partial charge on any atom is -0.467 e. The topological polar surface area (TPSA) is 67.9 Å². The maximum atomic E-state index is 14.3. The van der Waals surface area contributed by atoms with E-state index in [0.29, 0.717) is 16.9 Å². The molecule has 6 nitrogen and oxygen atoms in total. The molecule has 0 aliphatic carbocycles. The zero-order valence-corrected chi connectivity index (χ0v) is 14.6. The Balaban J connectivity index is 1.78. The quantitative estimate of drug-likeness (QED) is 0.817. The Morgan fingerprint density at radius 2 is 2.07 bits per heavy atom. The number of benzene rings is 2. The third-order valence-corrected chi connectivity index (χ3v) is 4.84. The molecule has 2 aliphatic heterocycles. The van der Waals surface area contributed by atoms with E-state index in [1.165, 1.54) is 7.11 Å². The van der Waals surface area contributed by atoms with E-state index in [1.807, 2.05) is 0 Å². The molecule has 2 aromatic rings. The van der Waals surface area contributed by atoms with E-state index in [-0.39, 0.29) is 12.1 Å². The van der Waals surface area contributed by atoms with Crippen LogP contribution in [-0.4, -0.2) is 24.8 Å². The Hall–Kier alpha value is -3.16. The number of anilines is 1. The summed E-state index contributed by atoms with van der Waals surface area (Å²) in [6, 6.07) is 6.60. The molecule has 1 N–H and O–H groups in total. The molecule has 2 aromatic carbocycles. The number of hydrogen-bond acceptors (Lipinski definition) is 4. The van der Waals surface area contributed by atoms with Gasteiger partial charge in [0.2, 0.25) is 0 Å². The molecule has 140 valence electrons. The second kappa shape index (κ2) is 5.94. The Morgan fingerprint density at radius 3 is 2.81 bits per heavy atom. The van der Waals surface area contributed by atoms with Crippen molar-refractivity contribution in [2.45, 2.75) is 25.1 Å². The summed E-state index contributed by atoms with van der Waals surface area (Å²) in [4.78, 5) is 25.6. The number of halogens is 2. The standard InChI is InChI=1S/C19H16F2N2O4/c1-19-9-14(12-7-10(17(24)26-2)3-6-16(12)27-19)22-18(25)23(19)15-8-11(20)4-5-13(15)21/h3-8,14H,9H2,1-2H3,(H,22,25). The van der Waals surface area contributed by atoms with Gasteiger partial charge in [0.1, 0.15) is 17.4 Å². The van der Waals surface area contributed by atoms with Crippen LogP contribution in [0.15, 0.2) is 36.4 Å². The Morgan fingerprint density at radius 1 is 1.30 bits per heavy atom. The van der Waals surface area contributed by atoms with E-state index in [4.69, 9.17) is 9.47 Å². The van der Waals surface area contributed by atoms with E-state index in [1.54, 1.807) is 25.1 Å². The number of methoxy groups -OCH3 is 1. The van der Waals surface area contributed by atoms with Crippen molar-refractivity contribution >= 4 is 17.7 Å². The van der Waals surface area contributed by atoms with Crippen LogP contribution in [-0.2, 0) is 4.74 Å². The second-order valence-corrected chi connectivity index (χ2v) is 6.66. The fraction of sp³-hybridized carbons (Fsp3) is 0.263. The van der Waals surface area contributed by atoms with Gasteiger partial charge in [0.25, 0.3) is 0 Å². The molecule has 2 atom stereocenters. The lowest BCUT2D eigenvalue weighted by Crippen LogP contribution is -2.65. The van der Waals surface area contributed by atoms with Crippen LogP contribution in [0.5, 0.6) is 5.75 Å². The summed E-state index contributed by atoms with van der Waals surface area (Å²) in [5.74, 6) is -1.45. The fourth-order valence-corrected chi connectivity index (χ4v) is 3.64. The normalized spacial score (nSPS) is 23.2. The molecule has 2 bridgehead atoms. The van der Waals surface area contributed by atoms with Crippen LogP contribution in [0.2, 0.25) is 0 Å². The molecular formula is C19H16F2N2O4. The van der Waals surface area contributed by atoms with Gasteiger partial charge in [0.15, 0.2) is 5.72 Å². The van der Waals surface area contributed by atoms with Crippen LogP contribution in [0.25, 0.3) is 0 Å². The molecule has 8 heteroatoms. The lowest BCUT2D eigenvalue weighted by atomic mass is 9.89.